The second-order valence-electron chi connectivity index (χ2n) is 3.64. The van der Waals surface area contributed by atoms with Crippen molar-refractivity contribution < 1.29 is 9.90 Å². The Labute approximate surface area is 102 Å². The average molecular weight is 247 g/mol. The predicted molar refractivity (Wildman–Crippen MR) is 63.1 cm³/mol. The highest BCUT2D eigenvalue weighted by atomic mass is 32.2. The van der Waals surface area contributed by atoms with E-state index in [1.165, 1.54) is 6.07 Å². The molecule has 0 unspecified atom stereocenters. The summed E-state index contributed by atoms with van der Waals surface area (Å²) in [5, 5.41) is 9.89. The number of imidazole rings is 1. The van der Waals surface area contributed by atoms with Crippen molar-refractivity contribution in [2.75, 3.05) is 5.75 Å². The number of aromatic nitrogens is 3. The summed E-state index contributed by atoms with van der Waals surface area (Å²) in [5.41, 5.74) is 1.60. The van der Waals surface area contributed by atoms with Crippen LogP contribution in [0.2, 0.25) is 0 Å². The maximum Gasteiger partial charge on any atom is 0.354 e. The number of nitrogens with zero attached hydrogens (tertiary/aromatic N) is 3. The van der Waals surface area contributed by atoms with Crippen LogP contribution in [0.4, 0.5) is 0 Å². The van der Waals surface area contributed by atoms with Gasteiger partial charge in [0.2, 0.25) is 0 Å². The molecule has 0 spiro atoms. The van der Waals surface area contributed by atoms with Gasteiger partial charge in [-0.3, -0.25) is 0 Å². The monoisotopic (exact) mass is 247 g/mol. The second kappa shape index (κ2) is 3.89. The molecule has 5 nitrogen and oxygen atoms in total. The lowest BCUT2D eigenvalue weighted by atomic mass is 10.2. The van der Waals surface area contributed by atoms with Gasteiger partial charge in [-0.05, 0) is 12.1 Å². The van der Waals surface area contributed by atoms with Crippen molar-refractivity contribution in [3.05, 3.63) is 30.1 Å². The first-order valence-corrected chi connectivity index (χ1v) is 6.13. The minimum absolute atomic E-state index is 0.0590. The lowest BCUT2D eigenvalue weighted by molar-refractivity contribution is 0.0690. The van der Waals surface area contributed by atoms with Gasteiger partial charge in [0, 0.05) is 12.3 Å². The highest BCUT2D eigenvalue weighted by molar-refractivity contribution is 7.99. The predicted octanol–water partition coefficient (Wildman–Crippen LogP) is 1.75. The number of aromatic carboxylic acids is 1. The third-order valence-corrected chi connectivity index (χ3v) is 3.57. The zero-order valence-corrected chi connectivity index (χ0v) is 9.65. The minimum atomic E-state index is -1.01. The molecule has 6 heteroatoms. The van der Waals surface area contributed by atoms with Crippen molar-refractivity contribution in [2.45, 2.75) is 11.7 Å². The molecule has 0 aromatic carbocycles. The van der Waals surface area contributed by atoms with Crippen molar-refractivity contribution in [3.8, 4) is 11.4 Å². The van der Waals surface area contributed by atoms with E-state index < -0.39 is 5.97 Å². The number of fused-ring (bicyclic) bond motifs is 1. The van der Waals surface area contributed by atoms with Gasteiger partial charge in [0.05, 0.1) is 17.6 Å². The van der Waals surface area contributed by atoms with E-state index in [0.29, 0.717) is 5.69 Å². The van der Waals surface area contributed by atoms with Crippen molar-refractivity contribution in [1.82, 2.24) is 14.5 Å². The normalized spacial score (nSPS) is 13.6. The van der Waals surface area contributed by atoms with Gasteiger partial charge < -0.3 is 9.67 Å². The molecular weight excluding hydrogens is 238 g/mol. The van der Waals surface area contributed by atoms with E-state index in [1.807, 2.05) is 0 Å². The Morgan fingerprint density at radius 1 is 1.47 bits per heavy atom. The van der Waals surface area contributed by atoms with E-state index in [0.717, 1.165) is 23.1 Å². The van der Waals surface area contributed by atoms with Gasteiger partial charge in [-0.1, -0.05) is 17.8 Å². The van der Waals surface area contributed by atoms with E-state index in [2.05, 4.69) is 14.5 Å². The number of thioether (sulfide) groups is 1. The third kappa shape index (κ3) is 1.70. The Hall–Kier alpha value is -1.82. The summed E-state index contributed by atoms with van der Waals surface area (Å²) in [7, 11) is 0. The average Bonchev–Trinajstić information content (AvgIpc) is 2.90. The third-order valence-electron chi connectivity index (χ3n) is 2.60. The Morgan fingerprint density at radius 3 is 3.18 bits per heavy atom. The van der Waals surface area contributed by atoms with Crippen LogP contribution in [0.1, 0.15) is 10.5 Å². The van der Waals surface area contributed by atoms with Crippen LogP contribution in [0, 0.1) is 0 Å². The fourth-order valence-electron chi connectivity index (χ4n) is 1.82. The molecule has 86 valence electrons. The van der Waals surface area contributed by atoms with Gasteiger partial charge in [0.15, 0.2) is 5.16 Å². The molecule has 0 saturated heterocycles. The molecule has 2 aromatic rings. The number of pyridine rings is 1. The molecule has 3 rings (SSSR count). The van der Waals surface area contributed by atoms with E-state index in [-0.39, 0.29) is 5.69 Å². The van der Waals surface area contributed by atoms with E-state index in [4.69, 9.17) is 5.11 Å². The summed E-state index contributed by atoms with van der Waals surface area (Å²) < 4.78 is 2.07. The first kappa shape index (κ1) is 10.3. The van der Waals surface area contributed by atoms with Crippen molar-refractivity contribution in [2.24, 2.45) is 0 Å². The fraction of sp³-hybridized carbons (Fsp3) is 0.182. The molecule has 17 heavy (non-hydrogen) atoms. The van der Waals surface area contributed by atoms with Crippen LogP contribution in [-0.2, 0) is 6.54 Å². The first-order valence-electron chi connectivity index (χ1n) is 5.15. The molecule has 0 bridgehead atoms. The standard InChI is InChI=1S/C11H9N3O2S/c15-10(16)8-3-1-2-7(13-8)9-6-12-11-14(9)4-5-17-11/h1-3,6H,4-5H2,(H,15,16). The van der Waals surface area contributed by atoms with Gasteiger partial charge in [-0.15, -0.1) is 0 Å². The van der Waals surface area contributed by atoms with Gasteiger partial charge in [-0.25, -0.2) is 14.8 Å². The molecule has 1 aliphatic heterocycles. The van der Waals surface area contributed by atoms with Gasteiger partial charge in [0.1, 0.15) is 5.69 Å². The van der Waals surface area contributed by atoms with Crippen molar-refractivity contribution in [3.63, 3.8) is 0 Å². The van der Waals surface area contributed by atoms with E-state index >= 15 is 0 Å². The number of hydrogen-bond acceptors (Lipinski definition) is 4. The van der Waals surface area contributed by atoms with Gasteiger partial charge >= 0.3 is 5.97 Å². The Morgan fingerprint density at radius 2 is 2.35 bits per heavy atom. The Bertz CT molecular complexity index is 594. The number of carbonyl (C=O) groups is 1. The minimum Gasteiger partial charge on any atom is -0.477 e. The summed E-state index contributed by atoms with van der Waals surface area (Å²) in [6, 6.07) is 5.00. The number of carboxylic acid groups (broad SMARTS) is 1. The molecule has 0 atom stereocenters. The molecule has 0 amide bonds. The van der Waals surface area contributed by atoms with Crippen molar-refractivity contribution in [1.29, 1.82) is 0 Å². The van der Waals surface area contributed by atoms with Crippen LogP contribution < -0.4 is 0 Å². The van der Waals surface area contributed by atoms with Crippen LogP contribution in [0.5, 0.6) is 0 Å². The molecule has 0 aliphatic carbocycles. The van der Waals surface area contributed by atoms with Crippen LogP contribution in [0.15, 0.2) is 29.6 Å². The molecule has 0 saturated carbocycles. The number of carboxylic acids is 1. The first-order chi connectivity index (χ1) is 8.25. The Kier molecular flexibility index (Phi) is 2.36. The molecule has 1 N–H and O–H groups in total. The summed E-state index contributed by atoms with van der Waals surface area (Å²) in [5.74, 6) is -0.00296. The van der Waals surface area contributed by atoms with Crippen LogP contribution in [0.25, 0.3) is 11.4 Å². The zero-order chi connectivity index (χ0) is 11.8. The van der Waals surface area contributed by atoms with E-state index in [1.54, 1.807) is 30.1 Å². The second-order valence-corrected chi connectivity index (χ2v) is 4.70. The van der Waals surface area contributed by atoms with Crippen LogP contribution >= 0.6 is 11.8 Å². The quantitative estimate of drug-likeness (QED) is 0.875. The molecule has 3 heterocycles. The molecule has 0 radical (unpaired) electrons. The summed E-state index contributed by atoms with van der Waals surface area (Å²) in [6.45, 7) is 0.897. The Balaban J connectivity index is 2.09. The van der Waals surface area contributed by atoms with Crippen LogP contribution in [0.3, 0.4) is 0 Å². The maximum atomic E-state index is 10.9. The SMILES string of the molecule is O=C(O)c1cccc(-c2cnc3n2CCS3)n1. The highest BCUT2D eigenvalue weighted by Crippen LogP contribution is 2.30. The molecular formula is C11H9N3O2S. The van der Waals surface area contributed by atoms with Gasteiger partial charge in [-0.2, -0.15) is 0 Å². The lowest BCUT2D eigenvalue weighted by Gasteiger charge is -2.04. The van der Waals surface area contributed by atoms with Gasteiger partial charge in [0.25, 0.3) is 0 Å². The molecule has 1 aliphatic rings. The van der Waals surface area contributed by atoms with Crippen LogP contribution in [-0.4, -0.2) is 31.4 Å². The molecule has 0 fully saturated rings. The smallest absolute Gasteiger partial charge is 0.354 e. The maximum absolute atomic E-state index is 10.9. The lowest BCUT2D eigenvalue weighted by Crippen LogP contribution is -2.03. The largest absolute Gasteiger partial charge is 0.477 e. The highest BCUT2D eigenvalue weighted by Gasteiger charge is 2.18. The fourth-order valence-corrected chi connectivity index (χ4v) is 2.75. The summed E-state index contributed by atoms with van der Waals surface area (Å²) >= 11 is 1.70. The van der Waals surface area contributed by atoms with Crippen molar-refractivity contribution >= 4 is 17.7 Å². The number of hydrogen-bond donors (Lipinski definition) is 1. The van der Waals surface area contributed by atoms with E-state index in [9.17, 15) is 4.79 Å². The summed E-state index contributed by atoms with van der Waals surface area (Å²) in [4.78, 5) is 19.3. The molecule has 2 aromatic heterocycles. The summed E-state index contributed by atoms with van der Waals surface area (Å²) in [6.07, 6.45) is 1.75. The zero-order valence-electron chi connectivity index (χ0n) is 8.83. The number of rotatable bonds is 2. The topological polar surface area (TPSA) is 68.0 Å².